The van der Waals surface area contributed by atoms with Gasteiger partial charge in [-0.25, -0.2) is 0 Å². The van der Waals surface area contributed by atoms with E-state index >= 15 is 0 Å². The van der Waals surface area contributed by atoms with Gasteiger partial charge >= 0.3 is 6.18 Å². The summed E-state index contributed by atoms with van der Waals surface area (Å²) in [4.78, 5) is 0. The van der Waals surface area contributed by atoms with Crippen molar-refractivity contribution in [3.63, 3.8) is 0 Å². The van der Waals surface area contributed by atoms with E-state index < -0.39 is 11.7 Å². The summed E-state index contributed by atoms with van der Waals surface area (Å²) in [5.41, 5.74) is -0.0482. The molecule has 5 heteroatoms. The van der Waals surface area contributed by atoms with E-state index in [1.54, 1.807) is 6.07 Å². The van der Waals surface area contributed by atoms with Crippen molar-refractivity contribution in [1.82, 2.24) is 5.32 Å². The molecule has 0 spiro atoms. The average Bonchev–Trinajstić information content (AvgIpc) is 2.87. The molecular weight excluding hydrogens is 255 g/mol. The molecule has 1 N–H and O–H groups in total. The fourth-order valence-electron chi connectivity index (χ4n) is 2.24. The summed E-state index contributed by atoms with van der Waals surface area (Å²) in [7, 11) is 0. The highest BCUT2D eigenvalue weighted by atomic mass is 19.4. The lowest BCUT2D eigenvalue weighted by Gasteiger charge is -2.10. The summed E-state index contributed by atoms with van der Waals surface area (Å²) in [6.07, 6.45) is -2.16. The Balaban J connectivity index is 1.76. The van der Waals surface area contributed by atoms with E-state index in [1.165, 1.54) is 6.07 Å². The standard InChI is InChI=1S/C14H18F3NO/c15-14(16,17)13-3-1-2-12(8-13)10-19-7-5-11-4-6-18-9-11/h1-3,8,11,18H,4-7,9-10H2. The molecule has 0 aliphatic carbocycles. The van der Waals surface area contributed by atoms with Crippen molar-refractivity contribution in [2.45, 2.75) is 25.6 Å². The van der Waals surface area contributed by atoms with Crippen molar-refractivity contribution in [2.75, 3.05) is 19.7 Å². The van der Waals surface area contributed by atoms with Crippen LogP contribution in [0.1, 0.15) is 24.0 Å². The highest BCUT2D eigenvalue weighted by molar-refractivity contribution is 5.25. The van der Waals surface area contributed by atoms with Crippen LogP contribution in [-0.4, -0.2) is 19.7 Å². The molecule has 1 unspecified atom stereocenters. The van der Waals surface area contributed by atoms with Gasteiger partial charge in [-0.2, -0.15) is 13.2 Å². The lowest BCUT2D eigenvalue weighted by Crippen LogP contribution is -2.11. The van der Waals surface area contributed by atoms with Gasteiger partial charge < -0.3 is 10.1 Å². The van der Waals surface area contributed by atoms with Crippen LogP contribution in [0, 0.1) is 5.92 Å². The van der Waals surface area contributed by atoms with Crippen molar-refractivity contribution in [1.29, 1.82) is 0 Å². The number of benzene rings is 1. The van der Waals surface area contributed by atoms with Crippen LogP contribution in [0.15, 0.2) is 24.3 Å². The van der Waals surface area contributed by atoms with Crippen molar-refractivity contribution < 1.29 is 17.9 Å². The molecule has 2 nitrogen and oxygen atoms in total. The Bertz CT molecular complexity index is 400. The van der Waals surface area contributed by atoms with E-state index in [0.29, 0.717) is 18.1 Å². The zero-order valence-corrected chi connectivity index (χ0v) is 10.7. The smallest absolute Gasteiger partial charge is 0.377 e. The summed E-state index contributed by atoms with van der Waals surface area (Å²) in [5, 5.41) is 3.27. The van der Waals surface area contributed by atoms with Crippen molar-refractivity contribution >= 4 is 0 Å². The zero-order valence-electron chi connectivity index (χ0n) is 10.7. The first-order valence-corrected chi connectivity index (χ1v) is 6.50. The molecule has 1 heterocycles. The van der Waals surface area contributed by atoms with Crippen LogP contribution in [0.3, 0.4) is 0 Å². The molecule has 19 heavy (non-hydrogen) atoms. The topological polar surface area (TPSA) is 21.3 Å². The molecule has 0 amide bonds. The van der Waals surface area contributed by atoms with Crippen LogP contribution in [0.2, 0.25) is 0 Å². The molecule has 2 rings (SSSR count). The minimum Gasteiger partial charge on any atom is -0.377 e. The lowest BCUT2D eigenvalue weighted by molar-refractivity contribution is -0.137. The molecule has 106 valence electrons. The quantitative estimate of drug-likeness (QED) is 0.832. The molecule has 1 aromatic rings. The highest BCUT2D eigenvalue weighted by Gasteiger charge is 2.30. The molecule has 1 saturated heterocycles. The van der Waals surface area contributed by atoms with Gasteiger partial charge in [0.1, 0.15) is 0 Å². The summed E-state index contributed by atoms with van der Waals surface area (Å²) in [6.45, 7) is 2.91. The van der Waals surface area contributed by atoms with Crippen LogP contribution in [0.4, 0.5) is 13.2 Å². The monoisotopic (exact) mass is 273 g/mol. The first-order valence-electron chi connectivity index (χ1n) is 6.50. The van der Waals surface area contributed by atoms with E-state index in [-0.39, 0.29) is 6.61 Å². The van der Waals surface area contributed by atoms with Gasteiger partial charge in [-0.15, -0.1) is 0 Å². The fraction of sp³-hybridized carbons (Fsp3) is 0.571. The van der Waals surface area contributed by atoms with Gasteiger partial charge in [0.2, 0.25) is 0 Å². The van der Waals surface area contributed by atoms with Crippen LogP contribution < -0.4 is 5.32 Å². The minimum absolute atomic E-state index is 0.240. The first kappa shape index (κ1) is 14.3. The third-order valence-corrected chi connectivity index (χ3v) is 3.36. The van der Waals surface area contributed by atoms with Crippen LogP contribution >= 0.6 is 0 Å². The van der Waals surface area contributed by atoms with Crippen LogP contribution in [-0.2, 0) is 17.5 Å². The van der Waals surface area contributed by atoms with Crippen LogP contribution in [0.5, 0.6) is 0 Å². The Morgan fingerprint density at radius 1 is 1.32 bits per heavy atom. The van der Waals surface area contributed by atoms with Gasteiger partial charge in [0.05, 0.1) is 12.2 Å². The molecule has 1 fully saturated rings. The third-order valence-electron chi connectivity index (χ3n) is 3.36. The SMILES string of the molecule is FC(F)(F)c1cccc(COCCC2CCNC2)c1. The van der Waals surface area contributed by atoms with Gasteiger partial charge in [0.15, 0.2) is 0 Å². The number of alkyl halides is 3. The zero-order chi connectivity index (χ0) is 13.7. The predicted octanol–water partition coefficient (Wildman–Crippen LogP) is 3.22. The van der Waals surface area contributed by atoms with E-state index in [1.807, 2.05) is 0 Å². The largest absolute Gasteiger partial charge is 0.416 e. The molecule has 0 radical (unpaired) electrons. The fourth-order valence-corrected chi connectivity index (χ4v) is 2.24. The molecular formula is C14H18F3NO. The normalized spacial score (nSPS) is 19.8. The highest BCUT2D eigenvalue weighted by Crippen LogP contribution is 2.29. The molecule has 1 aliphatic rings. The molecule has 1 aliphatic heterocycles. The van der Waals surface area contributed by atoms with E-state index in [2.05, 4.69) is 5.32 Å². The summed E-state index contributed by atoms with van der Waals surface area (Å²) in [6, 6.07) is 5.31. The van der Waals surface area contributed by atoms with Gasteiger partial charge in [0.25, 0.3) is 0 Å². The Kier molecular flexibility index (Phi) is 4.82. The summed E-state index contributed by atoms with van der Waals surface area (Å²) >= 11 is 0. The number of halogens is 3. The van der Waals surface area contributed by atoms with Gasteiger partial charge in [0, 0.05) is 6.61 Å². The third kappa shape index (κ3) is 4.51. The van der Waals surface area contributed by atoms with E-state index in [9.17, 15) is 13.2 Å². The van der Waals surface area contributed by atoms with Gasteiger partial charge in [-0.3, -0.25) is 0 Å². The maximum absolute atomic E-state index is 12.5. The first-order chi connectivity index (χ1) is 9.05. The van der Waals surface area contributed by atoms with Crippen molar-refractivity contribution in [2.24, 2.45) is 5.92 Å². The maximum atomic E-state index is 12.5. The van der Waals surface area contributed by atoms with E-state index in [0.717, 1.165) is 38.1 Å². The van der Waals surface area contributed by atoms with E-state index in [4.69, 9.17) is 4.74 Å². The lowest BCUT2D eigenvalue weighted by atomic mass is 10.1. The van der Waals surface area contributed by atoms with Gasteiger partial charge in [-0.05, 0) is 49.5 Å². The predicted molar refractivity (Wildman–Crippen MR) is 66.7 cm³/mol. The number of hydrogen-bond acceptors (Lipinski definition) is 2. The maximum Gasteiger partial charge on any atom is 0.416 e. The Hall–Kier alpha value is -1.07. The number of rotatable bonds is 5. The number of ether oxygens (including phenoxy) is 1. The molecule has 0 saturated carbocycles. The second-order valence-corrected chi connectivity index (χ2v) is 4.90. The van der Waals surface area contributed by atoms with Crippen molar-refractivity contribution in [3.05, 3.63) is 35.4 Å². The molecule has 1 aromatic carbocycles. The molecule has 0 bridgehead atoms. The summed E-state index contributed by atoms with van der Waals surface area (Å²) in [5.74, 6) is 0.640. The molecule has 0 aromatic heterocycles. The second-order valence-electron chi connectivity index (χ2n) is 4.90. The Morgan fingerprint density at radius 2 is 2.16 bits per heavy atom. The van der Waals surface area contributed by atoms with Gasteiger partial charge in [-0.1, -0.05) is 12.1 Å². The minimum atomic E-state index is -4.29. The second kappa shape index (κ2) is 6.39. The summed E-state index contributed by atoms with van der Waals surface area (Å²) < 4.78 is 43.0. The average molecular weight is 273 g/mol. The van der Waals surface area contributed by atoms with Crippen LogP contribution in [0.25, 0.3) is 0 Å². The Morgan fingerprint density at radius 3 is 2.84 bits per heavy atom. The number of hydrogen-bond donors (Lipinski definition) is 1. The van der Waals surface area contributed by atoms with Crippen molar-refractivity contribution in [3.8, 4) is 0 Å². The number of nitrogens with one attached hydrogen (secondary N) is 1. The Labute approximate surface area is 111 Å². The molecule has 1 atom stereocenters.